The van der Waals surface area contributed by atoms with Crippen LogP contribution in [0.3, 0.4) is 0 Å². The van der Waals surface area contributed by atoms with Crippen molar-refractivity contribution < 1.29 is 62.2 Å². The molecular formula is C20H25N9O15P2. The van der Waals surface area contributed by atoms with Crippen molar-refractivity contribution in [3.63, 3.8) is 0 Å². The van der Waals surface area contributed by atoms with Gasteiger partial charge in [-0.25, -0.2) is 24.1 Å². The van der Waals surface area contributed by atoms with Crippen LogP contribution in [0.2, 0.25) is 0 Å². The van der Waals surface area contributed by atoms with E-state index in [1.54, 1.807) is 0 Å². The summed E-state index contributed by atoms with van der Waals surface area (Å²) in [5.41, 5.74) is 3.91. The minimum Gasteiger partial charge on any atom is -0.387 e. The zero-order chi connectivity index (χ0) is 33.1. The maximum Gasteiger partial charge on any atom is 0.483 e. The number of aromatic nitrogens is 8. The molecule has 2 fully saturated rings. The number of nitrogens with two attached hydrogens (primary N) is 1. The number of hydrogen-bond acceptors (Lipinski definition) is 18. The van der Waals surface area contributed by atoms with Gasteiger partial charge in [0.15, 0.2) is 34.8 Å². The van der Waals surface area contributed by atoms with Crippen LogP contribution >= 0.6 is 15.6 Å². The Balaban J connectivity index is 1.15. The number of imidazole rings is 2. The van der Waals surface area contributed by atoms with Crippen LogP contribution < -0.4 is 16.9 Å². The Morgan fingerprint density at radius 2 is 1.35 bits per heavy atom. The molecule has 4 aromatic heterocycles. The van der Waals surface area contributed by atoms with Gasteiger partial charge in [-0.1, -0.05) is 0 Å². The first kappa shape index (κ1) is 32.5. The number of anilines is 1. The topological polar surface area (TPSA) is 355 Å². The van der Waals surface area contributed by atoms with Crippen LogP contribution in [0.4, 0.5) is 5.95 Å². The number of aliphatic hydroxyl groups is 4. The second kappa shape index (κ2) is 12.0. The number of fused-ring (bicyclic) bond motifs is 2. The summed E-state index contributed by atoms with van der Waals surface area (Å²) in [6, 6.07) is 0. The molecule has 0 bridgehead atoms. The van der Waals surface area contributed by atoms with Crippen LogP contribution in [-0.4, -0.2) is 119 Å². The summed E-state index contributed by atoms with van der Waals surface area (Å²) in [5, 5.41) is 42.3. The first-order valence-corrected chi connectivity index (χ1v) is 16.0. The Morgan fingerprint density at radius 1 is 0.826 bits per heavy atom. The Bertz CT molecular complexity index is 1970. The number of nitrogen functional groups attached to an aromatic ring is 1. The fourth-order valence-corrected chi connectivity index (χ4v) is 7.07. The molecule has 10 N–H and O–H groups in total. The zero-order valence-electron chi connectivity index (χ0n) is 22.8. The first-order chi connectivity index (χ1) is 21.7. The van der Waals surface area contributed by atoms with Crippen LogP contribution in [0.25, 0.3) is 22.3 Å². The number of aromatic amines is 2. The number of H-pyrrole nitrogens is 2. The quantitative estimate of drug-likeness (QED) is 0.0722. The van der Waals surface area contributed by atoms with E-state index in [9.17, 15) is 48.9 Å². The maximum atomic E-state index is 13.3. The number of hydrogen-bond donors (Lipinski definition) is 9. The highest BCUT2D eigenvalue weighted by Crippen LogP contribution is 2.61. The Hall–Kier alpha value is -3.48. The summed E-state index contributed by atoms with van der Waals surface area (Å²) in [4.78, 5) is 63.0. The summed E-state index contributed by atoms with van der Waals surface area (Å²) in [6.45, 7) is -1.88. The molecule has 26 heteroatoms. The number of aliphatic hydroxyl groups excluding tert-OH is 4. The normalized spacial score (nSPS) is 30.0. The number of nitrogens with one attached hydrogen (secondary N) is 2. The third-order valence-electron chi connectivity index (χ3n) is 7.04. The molecule has 2 saturated heterocycles. The van der Waals surface area contributed by atoms with E-state index in [0.717, 1.165) is 28.1 Å². The van der Waals surface area contributed by atoms with Gasteiger partial charge in [-0.2, -0.15) is 9.29 Å². The average Bonchev–Trinajstić information content (AvgIpc) is 3.72. The summed E-state index contributed by atoms with van der Waals surface area (Å²) >= 11 is 0. The minimum absolute atomic E-state index is 0.00856. The first-order valence-electron chi connectivity index (χ1n) is 13.0. The lowest BCUT2D eigenvalue weighted by Crippen LogP contribution is -2.34. The molecule has 0 amide bonds. The lowest BCUT2D eigenvalue weighted by molar-refractivity contribution is -0.0607. The fraction of sp³-hybridized carbons (Fsp3) is 0.500. The molecule has 6 rings (SSSR count). The summed E-state index contributed by atoms with van der Waals surface area (Å²) in [5.74, 6) is -0.277. The molecule has 4 aromatic rings. The summed E-state index contributed by atoms with van der Waals surface area (Å²) < 4.78 is 52.7. The summed E-state index contributed by atoms with van der Waals surface area (Å²) in [7, 11) is -10.8. The van der Waals surface area contributed by atoms with E-state index in [1.165, 1.54) is 0 Å². The van der Waals surface area contributed by atoms with E-state index in [4.69, 9.17) is 24.3 Å². The van der Waals surface area contributed by atoms with Gasteiger partial charge < -0.3 is 50.4 Å². The molecule has 6 heterocycles. The van der Waals surface area contributed by atoms with Gasteiger partial charge in [-0.15, -0.1) is 0 Å². The number of rotatable bonds is 10. The Morgan fingerprint density at radius 3 is 1.89 bits per heavy atom. The van der Waals surface area contributed by atoms with Gasteiger partial charge in [0.05, 0.1) is 32.2 Å². The monoisotopic (exact) mass is 693 g/mol. The van der Waals surface area contributed by atoms with E-state index < -0.39 is 89.1 Å². The van der Waals surface area contributed by atoms with Crippen LogP contribution in [0.5, 0.6) is 0 Å². The van der Waals surface area contributed by atoms with E-state index in [-0.39, 0.29) is 28.3 Å². The molecule has 0 saturated carbocycles. The van der Waals surface area contributed by atoms with Gasteiger partial charge in [0.1, 0.15) is 36.6 Å². The molecule has 2 aliphatic rings. The van der Waals surface area contributed by atoms with Gasteiger partial charge in [0.25, 0.3) is 11.1 Å². The molecule has 1 unspecified atom stereocenters. The van der Waals surface area contributed by atoms with E-state index in [2.05, 4.69) is 34.2 Å². The van der Waals surface area contributed by atoms with Crippen LogP contribution in [0.1, 0.15) is 12.5 Å². The van der Waals surface area contributed by atoms with Crippen molar-refractivity contribution in [3.8, 4) is 0 Å². The Labute approximate surface area is 253 Å². The SMILES string of the molecule is Nc1nc2c(ncn2[C@@H]2O[C@H](COP(=O)(OC[C@H]3O[C@@H](n4cnc5c(=O)[nH]cnc54)[C@H](O)[C@@H]3O)OP(=O)(O)O)[C@@H](O)[C@H]2O)c(=O)[nH]1. The minimum atomic E-state index is -5.57. The number of phosphoric ester groups is 1. The number of ether oxygens (including phenoxy) is 2. The van der Waals surface area contributed by atoms with E-state index >= 15 is 0 Å². The molecule has 250 valence electrons. The molecule has 24 nitrogen and oxygen atoms in total. The largest absolute Gasteiger partial charge is 0.483 e. The van der Waals surface area contributed by atoms with Gasteiger partial charge in [-0.05, 0) is 0 Å². The highest BCUT2D eigenvalue weighted by molar-refractivity contribution is 7.61. The second-order valence-electron chi connectivity index (χ2n) is 10.0. The molecule has 0 spiro atoms. The Kier molecular flexibility index (Phi) is 8.43. The van der Waals surface area contributed by atoms with Gasteiger partial charge in [0.2, 0.25) is 5.95 Å². The summed E-state index contributed by atoms with van der Waals surface area (Å²) in [6.07, 6.45) is -9.45. The van der Waals surface area contributed by atoms with Gasteiger partial charge in [-0.3, -0.25) is 32.8 Å². The highest BCUT2D eigenvalue weighted by atomic mass is 31.3. The average molecular weight is 693 g/mol. The van der Waals surface area contributed by atoms with Crippen molar-refractivity contribution in [1.29, 1.82) is 0 Å². The maximum absolute atomic E-state index is 13.3. The van der Waals surface area contributed by atoms with Crippen LogP contribution in [0, 0.1) is 0 Å². The van der Waals surface area contributed by atoms with Crippen molar-refractivity contribution in [1.82, 2.24) is 39.0 Å². The van der Waals surface area contributed by atoms with Crippen molar-refractivity contribution in [2.75, 3.05) is 18.9 Å². The van der Waals surface area contributed by atoms with Crippen molar-refractivity contribution >= 4 is 43.9 Å². The van der Waals surface area contributed by atoms with Crippen molar-refractivity contribution in [3.05, 3.63) is 39.7 Å². The molecule has 0 radical (unpaired) electrons. The van der Waals surface area contributed by atoms with E-state index in [0.29, 0.717) is 0 Å². The van der Waals surface area contributed by atoms with Crippen LogP contribution in [-0.2, 0) is 32.0 Å². The fourth-order valence-electron chi connectivity index (χ4n) is 4.92. The van der Waals surface area contributed by atoms with Crippen molar-refractivity contribution in [2.45, 2.75) is 49.1 Å². The van der Waals surface area contributed by atoms with E-state index in [1.807, 2.05) is 0 Å². The highest BCUT2D eigenvalue weighted by Gasteiger charge is 2.49. The number of nitrogens with zero attached hydrogens (tertiary/aromatic N) is 6. The lowest BCUT2D eigenvalue weighted by atomic mass is 10.1. The third-order valence-corrected chi connectivity index (χ3v) is 9.62. The van der Waals surface area contributed by atoms with Gasteiger partial charge in [0, 0.05) is 0 Å². The third kappa shape index (κ3) is 6.02. The molecule has 46 heavy (non-hydrogen) atoms. The molecule has 2 aliphatic heterocycles. The predicted molar refractivity (Wildman–Crippen MR) is 145 cm³/mol. The van der Waals surface area contributed by atoms with Gasteiger partial charge >= 0.3 is 15.6 Å². The standard InChI is InChI=1S/C20H25N9O15P2/c21-20-26-15-9(17(35)27-20)25-5-29(15)19-13(33)11(31)7(43-19)2-41-46(39,44-45(36,37)38)40-1-6-10(30)12(32)18(42-6)28-4-24-8-14(28)22-3-23-16(8)34/h3-7,10-13,18-19,30-33H,1-2H2,(H,22,23,34)(H2,36,37,38)(H3,21,26,27,35)/t6-,7-,10-,11-,12-,13-,18-,19-,46?/m1/s1. The lowest BCUT2D eigenvalue weighted by Gasteiger charge is -2.23. The smallest absolute Gasteiger partial charge is 0.387 e. The molecule has 0 aromatic carbocycles. The number of phosphoric acid groups is 2. The zero-order valence-corrected chi connectivity index (χ0v) is 24.6. The molecular weight excluding hydrogens is 668 g/mol. The second-order valence-corrected chi connectivity index (χ2v) is 13.1. The predicted octanol–water partition coefficient (Wildman–Crippen LogP) is -3.68. The molecule has 9 atom stereocenters. The molecule has 0 aliphatic carbocycles. The van der Waals surface area contributed by atoms with Crippen molar-refractivity contribution in [2.24, 2.45) is 0 Å². The van der Waals surface area contributed by atoms with Crippen LogP contribution in [0.15, 0.2) is 28.6 Å².